The minimum Gasteiger partial charge on any atom is -0.490 e. The van der Waals surface area contributed by atoms with Crippen molar-refractivity contribution in [1.29, 1.82) is 0 Å². The predicted octanol–water partition coefficient (Wildman–Crippen LogP) is 15.1. The number of aromatic nitrogens is 2. The van der Waals surface area contributed by atoms with E-state index in [1.165, 1.54) is 77.0 Å². The number of hydrogen-bond donors (Lipinski definition) is 0. The maximum Gasteiger partial charge on any atom is 0.163 e. The molecule has 292 valence electrons. The highest BCUT2D eigenvalue weighted by atomic mass is 32.1. The second kappa shape index (κ2) is 23.1. The molecule has 4 rings (SSSR count). The molecular formula is C48H72N2O2S. The Morgan fingerprint density at radius 1 is 0.491 bits per heavy atom. The van der Waals surface area contributed by atoms with Crippen molar-refractivity contribution in [2.24, 2.45) is 35.5 Å². The van der Waals surface area contributed by atoms with Crippen LogP contribution in [-0.4, -0.2) is 23.2 Å². The zero-order valence-corrected chi connectivity index (χ0v) is 35.5. The summed E-state index contributed by atoms with van der Waals surface area (Å²) in [4.78, 5) is 11.6. The van der Waals surface area contributed by atoms with Gasteiger partial charge in [-0.25, -0.2) is 9.97 Å². The Hall–Kier alpha value is -2.92. The average Bonchev–Trinajstić information content (AvgIpc) is 3.66. The van der Waals surface area contributed by atoms with Crippen molar-refractivity contribution in [3.63, 3.8) is 0 Å². The van der Waals surface area contributed by atoms with Crippen LogP contribution in [-0.2, 0) is 0 Å². The third-order valence-electron chi connectivity index (χ3n) is 11.0. The summed E-state index contributed by atoms with van der Waals surface area (Å²) < 4.78 is 13.1. The average molecular weight is 741 g/mol. The maximum absolute atomic E-state index is 6.57. The Bertz CT molecular complexity index is 1570. The zero-order valence-electron chi connectivity index (χ0n) is 34.7. The first-order valence-electron chi connectivity index (χ1n) is 21.3. The van der Waals surface area contributed by atoms with Crippen LogP contribution in [0.15, 0.2) is 60.0 Å². The fraction of sp³-hybridized carbons (Fsp3) is 0.625. The van der Waals surface area contributed by atoms with Crippen LogP contribution in [0.1, 0.15) is 145 Å². The molecular weight excluding hydrogens is 669 g/mol. The lowest BCUT2D eigenvalue weighted by atomic mass is 9.93. The Labute approximate surface area is 327 Å². The van der Waals surface area contributed by atoms with Crippen LogP contribution < -0.4 is 9.47 Å². The van der Waals surface area contributed by atoms with E-state index >= 15 is 0 Å². The van der Waals surface area contributed by atoms with Gasteiger partial charge in [-0.15, -0.1) is 11.3 Å². The topological polar surface area (TPSA) is 44.2 Å². The summed E-state index contributed by atoms with van der Waals surface area (Å²) in [6.07, 6.45) is 18.0. The Kier molecular flexibility index (Phi) is 18.7. The third-order valence-corrected chi connectivity index (χ3v) is 11.9. The van der Waals surface area contributed by atoms with Crippen molar-refractivity contribution >= 4 is 22.4 Å². The van der Waals surface area contributed by atoms with Gasteiger partial charge in [0.15, 0.2) is 11.5 Å². The molecule has 0 aliphatic carbocycles. The second-order valence-corrected chi connectivity index (χ2v) is 18.2. The van der Waals surface area contributed by atoms with Crippen molar-refractivity contribution in [2.45, 2.75) is 145 Å². The highest BCUT2D eigenvalue weighted by Crippen LogP contribution is 2.38. The SMILES string of the molecule is CC(C)CCC[C@@H](C)CCC[C@@H](C)CCOc1cc2nc(-c3ccccc3)c(-c3cccs3)nc2cc1OCC[C@H](C)CCC[C@H](C)CCCC(C)C. The lowest BCUT2D eigenvalue weighted by Gasteiger charge is -2.18. The van der Waals surface area contributed by atoms with E-state index in [0.29, 0.717) is 25.0 Å². The lowest BCUT2D eigenvalue weighted by Crippen LogP contribution is -2.09. The first-order chi connectivity index (χ1) is 25.6. The van der Waals surface area contributed by atoms with E-state index in [-0.39, 0.29) is 0 Å². The van der Waals surface area contributed by atoms with Gasteiger partial charge >= 0.3 is 0 Å². The number of ether oxygens (including phenoxy) is 2. The van der Waals surface area contributed by atoms with Crippen LogP contribution in [0.4, 0.5) is 0 Å². The number of thiophene rings is 1. The molecule has 0 aliphatic heterocycles. The van der Waals surface area contributed by atoms with Gasteiger partial charge in [0.25, 0.3) is 0 Å². The summed E-state index contributed by atoms with van der Waals surface area (Å²) >= 11 is 1.70. The molecule has 5 heteroatoms. The fourth-order valence-electron chi connectivity index (χ4n) is 7.37. The molecule has 4 atom stereocenters. The van der Waals surface area contributed by atoms with Crippen LogP contribution in [0.3, 0.4) is 0 Å². The fourth-order valence-corrected chi connectivity index (χ4v) is 8.08. The van der Waals surface area contributed by atoms with E-state index in [0.717, 1.165) is 80.9 Å². The first-order valence-corrected chi connectivity index (χ1v) is 22.2. The van der Waals surface area contributed by atoms with Crippen LogP contribution in [0.5, 0.6) is 11.5 Å². The smallest absolute Gasteiger partial charge is 0.163 e. The zero-order chi connectivity index (χ0) is 38.0. The summed E-state index contributed by atoms with van der Waals surface area (Å²) in [5.41, 5.74) is 4.55. The summed E-state index contributed by atoms with van der Waals surface area (Å²) in [6.45, 7) is 20.3. The Balaban J connectivity index is 1.42. The van der Waals surface area contributed by atoms with Crippen LogP contribution in [0.2, 0.25) is 0 Å². The number of rotatable bonds is 26. The highest BCUT2D eigenvalue weighted by Gasteiger charge is 2.18. The molecule has 0 amide bonds. The molecule has 4 aromatic rings. The molecule has 0 aliphatic rings. The molecule has 4 nitrogen and oxygen atoms in total. The van der Waals surface area contributed by atoms with Crippen LogP contribution in [0, 0.1) is 35.5 Å². The summed E-state index contributed by atoms with van der Waals surface area (Å²) in [5.74, 6) is 6.09. The van der Waals surface area contributed by atoms with Gasteiger partial charge in [0.05, 0.1) is 34.8 Å². The molecule has 2 aromatic carbocycles. The molecule has 53 heavy (non-hydrogen) atoms. The van der Waals surface area contributed by atoms with Crippen molar-refractivity contribution in [2.75, 3.05) is 13.2 Å². The summed E-state index contributed by atoms with van der Waals surface area (Å²) in [6, 6.07) is 18.7. The van der Waals surface area contributed by atoms with E-state index in [1.54, 1.807) is 11.3 Å². The monoisotopic (exact) mass is 741 g/mol. The van der Waals surface area contributed by atoms with Gasteiger partial charge in [0.1, 0.15) is 5.69 Å². The molecule has 0 spiro atoms. The van der Waals surface area contributed by atoms with Gasteiger partial charge in [-0.1, -0.05) is 169 Å². The van der Waals surface area contributed by atoms with Crippen molar-refractivity contribution in [3.05, 3.63) is 60.0 Å². The van der Waals surface area contributed by atoms with Gasteiger partial charge < -0.3 is 9.47 Å². The maximum atomic E-state index is 6.57. The number of hydrogen-bond acceptors (Lipinski definition) is 5. The molecule has 0 fully saturated rings. The number of fused-ring (bicyclic) bond motifs is 1. The van der Waals surface area contributed by atoms with Gasteiger partial charge in [0, 0.05) is 17.7 Å². The van der Waals surface area contributed by atoms with E-state index in [1.807, 2.05) is 6.07 Å². The molecule has 0 N–H and O–H groups in total. The predicted molar refractivity (Wildman–Crippen MR) is 230 cm³/mol. The molecule has 0 saturated carbocycles. The van der Waals surface area contributed by atoms with Crippen molar-refractivity contribution < 1.29 is 9.47 Å². The quantitative estimate of drug-likeness (QED) is 0.0643. The second-order valence-electron chi connectivity index (χ2n) is 17.3. The molecule has 2 aromatic heterocycles. The van der Waals surface area contributed by atoms with Gasteiger partial charge in [0.2, 0.25) is 0 Å². The van der Waals surface area contributed by atoms with E-state index in [9.17, 15) is 0 Å². The van der Waals surface area contributed by atoms with Crippen LogP contribution in [0.25, 0.3) is 32.9 Å². The van der Waals surface area contributed by atoms with Crippen molar-refractivity contribution in [1.82, 2.24) is 9.97 Å². The largest absolute Gasteiger partial charge is 0.490 e. The first kappa shape index (κ1) is 42.8. The number of benzene rings is 2. The normalized spacial score (nSPS) is 14.2. The van der Waals surface area contributed by atoms with Crippen LogP contribution >= 0.6 is 11.3 Å². The molecule has 0 radical (unpaired) electrons. The standard InChI is InChI=1S/C48H72N2O2S/c1-35(2)17-12-19-37(5)21-14-23-39(7)28-30-51-44-33-42-43(50-48(46-27-16-32-53-46)47(49-42)41-25-10-9-11-26-41)34-45(44)52-31-29-40(8)24-15-22-38(6)20-13-18-36(3)4/h9-11,16,25-27,32-40H,12-15,17-24,28-31H2,1-8H3/t37-,38-,39-,40-/m1/s1. The Morgan fingerprint density at radius 3 is 1.36 bits per heavy atom. The number of nitrogens with zero attached hydrogens (tertiary/aromatic N) is 2. The van der Waals surface area contributed by atoms with Gasteiger partial charge in [-0.3, -0.25) is 0 Å². The minimum absolute atomic E-state index is 0.624. The third kappa shape index (κ3) is 15.4. The Morgan fingerprint density at radius 2 is 0.925 bits per heavy atom. The van der Waals surface area contributed by atoms with Crippen molar-refractivity contribution in [3.8, 4) is 33.3 Å². The summed E-state index contributed by atoms with van der Waals surface area (Å²) in [7, 11) is 0. The molecule has 2 heterocycles. The van der Waals surface area contributed by atoms with Gasteiger partial charge in [-0.2, -0.15) is 0 Å². The lowest BCUT2D eigenvalue weighted by molar-refractivity contribution is 0.237. The molecule has 0 unspecified atom stereocenters. The minimum atomic E-state index is 0.624. The summed E-state index contributed by atoms with van der Waals surface area (Å²) in [5, 5.41) is 2.10. The molecule has 0 bridgehead atoms. The highest BCUT2D eigenvalue weighted by molar-refractivity contribution is 7.13. The van der Waals surface area contributed by atoms with E-state index in [2.05, 4.69) is 109 Å². The van der Waals surface area contributed by atoms with E-state index in [4.69, 9.17) is 19.4 Å². The molecule has 0 saturated heterocycles. The van der Waals surface area contributed by atoms with Gasteiger partial charge in [-0.05, 0) is 59.8 Å². The van der Waals surface area contributed by atoms with E-state index < -0.39 is 0 Å².